The Morgan fingerprint density at radius 3 is 3.00 bits per heavy atom. The predicted molar refractivity (Wildman–Crippen MR) is 40.4 cm³/mol. The van der Waals surface area contributed by atoms with E-state index in [1.165, 1.54) is 7.11 Å². The Kier molecular flexibility index (Phi) is 3.08. The second-order valence-corrected chi connectivity index (χ2v) is 2.77. The Bertz CT molecular complexity index is 187. The van der Waals surface area contributed by atoms with Crippen LogP contribution in [0.15, 0.2) is 0 Å². The largest absolute Gasteiger partial charge is 0.469 e. The second-order valence-electron chi connectivity index (χ2n) is 2.77. The van der Waals surface area contributed by atoms with Crippen LogP contribution in [0.1, 0.15) is 25.7 Å². The van der Waals surface area contributed by atoms with Crippen LogP contribution < -0.4 is 0 Å². The highest BCUT2D eigenvalue weighted by Gasteiger charge is 2.23. The lowest BCUT2D eigenvalue weighted by atomic mass is 10.1. The van der Waals surface area contributed by atoms with Gasteiger partial charge >= 0.3 is 11.9 Å². The molecule has 1 aliphatic rings. The number of carbonyl (C=O) groups excluding carboxylic acids is 2. The third-order valence-corrected chi connectivity index (χ3v) is 1.87. The van der Waals surface area contributed by atoms with Gasteiger partial charge in [0.2, 0.25) is 0 Å². The van der Waals surface area contributed by atoms with Crippen molar-refractivity contribution in [1.29, 1.82) is 0 Å². The Labute approximate surface area is 70.8 Å². The number of cyclic esters (lactones) is 1. The van der Waals surface area contributed by atoms with Gasteiger partial charge in [-0.05, 0) is 12.8 Å². The first-order valence-corrected chi connectivity index (χ1v) is 3.98. The van der Waals surface area contributed by atoms with Gasteiger partial charge in [0.1, 0.15) is 6.10 Å². The van der Waals surface area contributed by atoms with Crippen molar-refractivity contribution in [3.05, 3.63) is 0 Å². The summed E-state index contributed by atoms with van der Waals surface area (Å²) < 4.78 is 9.37. The lowest BCUT2D eigenvalue weighted by Crippen LogP contribution is -2.10. The van der Waals surface area contributed by atoms with Crippen molar-refractivity contribution in [3.63, 3.8) is 0 Å². The van der Waals surface area contributed by atoms with Crippen LogP contribution in [-0.4, -0.2) is 25.2 Å². The lowest BCUT2D eigenvalue weighted by Gasteiger charge is -2.06. The van der Waals surface area contributed by atoms with Gasteiger partial charge in [0.15, 0.2) is 0 Å². The summed E-state index contributed by atoms with van der Waals surface area (Å²) in [5, 5.41) is 0. The minimum Gasteiger partial charge on any atom is -0.469 e. The zero-order valence-electron chi connectivity index (χ0n) is 7.04. The van der Waals surface area contributed by atoms with Crippen molar-refractivity contribution in [1.82, 2.24) is 0 Å². The maximum Gasteiger partial charge on any atom is 0.306 e. The van der Waals surface area contributed by atoms with Gasteiger partial charge in [-0.2, -0.15) is 0 Å². The molecule has 1 atom stereocenters. The molecule has 0 amide bonds. The summed E-state index contributed by atoms with van der Waals surface area (Å²) in [6, 6.07) is 0. The van der Waals surface area contributed by atoms with Gasteiger partial charge in [0, 0.05) is 12.8 Å². The molecule has 1 aliphatic heterocycles. The van der Waals surface area contributed by atoms with Gasteiger partial charge < -0.3 is 9.47 Å². The topological polar surface area (TPSA) is 52.6 Å². The Morgan fingerprint density at radius 2 is 2.50 bits per heavy atom. The lowest BCUT2D eigenvalue weighted by molar-refractivity contribution is -0.145. The molecule has 4 heteroatoms. The van der Waals surface area contributed by atoms with Crippen molar-refractivity contribution in [3.8, 4) is 0 Å². The van der Waals surface area contributed by atoms with Crippen LogP contribution in [-0.2, 0) is 19.1 Å². The van der Waals surface area contributed by atoms with E-state index in [2.05, 4.69) is 4.74 Å². The molecule has 0 saturated carbocycles. The Balaban J connectivity index is 2.16. The quantitative estimate of drug-likeness (QED) is 0.586. The van der Waals surface area contributed by atoms with Crippen molar-refractivity contribution < 1.29 is 19.1 Å². The minimum atomic E-state index is -0.252. The molecule has 12 heavy (non-hydrogen) atoms. The number of hydrogen-bond acceptors (Lipinski definition) is 4. The van der Waals surface area contributed by atoms with Crippen molar-refractivity contribution in [2.24, 2.45) is 0 Å². The van der Waals surface area contributed by atoms with E-state index >= 15 is 0 Å². The van der Waals surface area contributed by atoms with Crippen LogP contribution in [0.4, 0.5) is 0 Å². The molecule has 0 bridgehead atoms. The molecule has 1 heterocycles. The van der Waals surface area contributed by atoms with Gasteiger partial charge in [-0.1, -0.05) is 0 Å². The van der Waals surface area contributed by atoms with Gasteiger partial charge in [-0.3, -0.25) is 9.59 Å². The fraction of sp³-hybridized carbons (Fsp3) is 0.750. The molecule has 68 valence electrons. The summed E-state index contributed by atoms with van der Waals surface area (Å²) in [5.41, 5.74) is 0. The van der Waals surface area contributed by atoms with Crippen molar-refractivity contribution in [2.45, 2.75) is 31.8 Å². The van der Waals surface area contributed by atoms with E-state index in [9.17, 15) is 9.59 Å². The molecule has 0 spiro atoms. The molecule has 0 unspecified atom stereocenters. The molecule has 0 aliphatic carbocycles. The minimum absolute atomic E-state index is 0.0726. The van der Waals surface area contributed by atoms with E-state index in [0.717, 1.165) is 6.42 Å². The molecule has 0 N–H and O–H groups in total. The molecule has 1 rings (SSSR count). The number of carbonyl (C=O) groups is 2. The van der Waals surface area contributed by atoms with E-state index in [1.54, 1.807) is 0 Å². The fourth-order valence-electron chi connectivity index (χ4n) is 1.17. The molecule has 1 saturated heterocycles. The van der Waals surface area contributed by atoms with E-state index in [1.807, 2.05) is 0 Å². The molecule has 0 radical (unpaired) electrons. The third-order valence-electron chi connectivity index (χ3n) is 1.87. The number of methoxy groups -OCH3 is 1. The molecule has 0 aromatic heterocycles. The third kappa shape index (κ3) is 2.53. The predicted octanol–water partition coefficient (Wildman–Crippen LogP) is 0.645. The smallest absolute Gasteiger partial charge is 0.306 e. The van der Waals surface area contributed by atoms with E-state index in [-0.39, 0.29) is 18.0 Å². The Hall–Kier alpha value is -1.06. The average Bonchev–Trinajstić information content (AvgIpc) is 2.47. The summed E-state index contributed by atoms with van der Waals surface area (Å²) >= 11 is 0. The van der Waals surface area contributed by atoms with Gasteiger partial charge in [-0.15, -0.1) is 0 Å². The SMILES string of the molecule is COC(=O)CC[C@H]1CCC(=O)O1. The fourth-order valence-corrected chi connectivity index (χ4v) is 1.17. The molecular weight excluding hydrogens is 160 g/mol. The van der Waals surface area contributed by atoms with Gasteiger partial charge in [0.05, 0.1) is 7.11 Å². The van der Waals surface area contributed by atoms with Gasteiger partial charge in [-0.25, -0.2) is 0 Å². The highest BCUT2D eigenvalue weighted by molar-refractivity contribution is 5.72. The number of hydrogen-bond donors (Lipinski definition) is 0. The standard InChI is InChI=1S/C8H12O4/c1-11-7(9)4-2-6-3-5-8(10)12-6/h6H,2-5H2,1H3/t6-/m0/s1. The number of esters is 2. The first kappa shape index (κ1) is 9.03. The summed E-state index contributed by atoms with van der Waals surface area (Å²) in [5.74, 6) is -0.414. The zero-order valence-corrected chi connectivity index (χ0v) is 7.04. The van der Waals surface area contributed by atoms with Crippen LogP contribution >= 0.6 is 0 Å². The van der Waals surface area contributed by atoms with Crippen LogP contribution in [0.3, 0.4) is 0 Å². The molecule has 1 fully saturated rings. The van der Waals surface area contributed by atoms with Crippen LogP contribution in [0.25, 0.3) is 0 Å². The van der Waals surface area contributed by atoms with Crippen molar-refractivity contribution >= 4 is 11.9 Å². The first-order chi connectivity index (χ1) is 5.72. The first-order valence-electron chi connectivity index (χ1n) is 3.98. The summed E-state index contributed by atoms with van der Waals surface area (Å²) in [4.78, 5) is 21.3. The summed E-state index contributed by atoms with van der Waals surface area (Å²) in [6.45, 7) is 0. The van der Waals surface area contributed by atoms with Crippen LogP contribution in [0, 0.1) is 0 Å². The second kappa shape index (κ2) is 4.09. The van der Waals surface area contributed by atoms with Crippen molar-refractivity contribution in [2.75, 3.05) is 7.11 Å². The van der Waals surface area contributed by atoms with Crippen LogP contribution in [0.2, 0.25) is 0 Å². The van der Waals surface area contributed by atoms with E-state index < -0.39 is 0 Å². The highest BCUT2D eigenvalue weighted by Crippen LogP contribution is 2.18. The average molecular weight is 172 g/mol. The Morgan fingerprint density at radius 1 is 1.75 bits per heavy atom. The normalized spacial score (nSPS) is 22.1. The molecule has 0 aromatic rings. The summed E-state index contributed by atoms with van der Waals surface area (Å²) in [6.07, 6.45) is 2.05. The van der Waals surface area contributed by atoms with Gasteiger partial charge in [0.25, 0.3) is 0 Å². The van der Waals surface area contributed by atoms with E-state index in [4.69, 9.17) is 4.74 Å². The monoisotopic (exact) mass is 172 g/mol. The maximum absolute atomic E-state index is 10.7. The zero-order chi connectivity index (χ0) is 8.97. The molecular formula is C8H12O4. The summed E-state index contributed by atoms with van der Waals surface area (Å²) in [7, 11) is 1.35. The van der Waals surface area contributed by atoms with Crippen LogP contribution in [0.5, 0.6) is 0 Å². The van der Waals surface area contributed by atoms with E-state index in [0.29, 0.717) is 19.3 Å². The maximum atomic E-state index is 10.7. The highest BCUT2D eigenvalue weighted by atomic mass is 16.5. The number of ether oxygens (including phenoxy) is 2. The number of rotatable bonds is 3. The molecule has 0 aromatic carbocycles. The molecule has 4 nitrogen and oxygen atoms in total.